The van der Waals surface area contributed by atoms with Crippen LogP contribution in [0.25, 0.3) is 0 Å². The summed E-state index contributed by atoms with van der Waals surface area (Å²) >= 11 is 5.90. The second-order valence-electron chi connectivity index (χ2n) is 5.31. The summed E-state index contributed by atoms with van der Waals surface area (Å²) in [6.45, 7) is 6.06. The maximum absolute atomic E-state index is 5.90. The predicted octanol–water partition coefficient (Wildman–Crippen LogP) is 4.70. The summed E-state index contributed by atoms with van der Waals surface area (Å²) < 4.78 is 11.2. The smallest absolute Gasteiger partial charge is 0.161 e. The van der Waals surface area contributed by atoms with E-state index in [0.717, 1.165) is 22.7 Å². The summed E-state index contributed by atoms with van der Waals surface area (Å²) in [5.74, 6) is 1.48. The van der Waals surface area contributed by atoms with E-state index >= 15 is 0 Å². The third-order valence-electron chi connectivity index (χ3n) is 3.16. The molecule has 2 rings (SSSR count). The Morgan fingerprint density at radius 3 is 2.50 bits per heavy atom. The van der Waals surface area contributed by atoms with E-state index in [1.54, 1.807) is 19.4 Å². The summed E-state index contributed by atoms with van der Waals surface area (Å²) in [6.07, 6.45) is 1.78. The lowest BCUT2D eigenvalue weighted by Gasteiger charge is -2.19. The Morgan fingerprint density at radius 1 is 1.09 bits per heavy atom. The molecule has 0 saturated carbocycles. The van der Waals surface area contributed by atoms with Gasteiger partial charge in [0.1, 0.15) is 5.15 Å². The summed E-state index contributed by atoms with van der Waals surface area (Å²) in [6, 6.07) is 9.73. The molecular weight excluding hydrogens is 300 g/mol. The standard InChI is InChI=1S/C17H21ClN2O2/c1-11(2)22-15-6-5-13(9-16(15)21-4)12(3)20-14-7-8-19-17(18)10-14/h5-12H,1-4H3,(H,19,20). The number of rotatable bonds is 6. The quantitative estimate of drug-likeness (QED) is 0.783. The first-order valence-electron chi connectivity index (χ1n) is 7.22. The molecule has 1 N–H and O–H groups in total. The normalized spacial score (nSPS) is 12.1. The molecule has 1 aromatic carbocycles. The number of aromatic nitrogens is 1. The highest BCUT2D eigenvalue weighted by molar-refractivity contribution is 6.29. The van der Waals surface area contributed by atoms with E-state index in [1.165, 1.54) is 0 Å². The van der Waals surface area contributed by atoms with Gasteiger partial charge in [-0.25, -0.2) is 4.98 Å². The largest absolute Gasteiger partial charge is 0.493 e. The molecule has 0 amide bonds. The Kier molecular flexibility index (Phi) is 5.50. The number of hydrogen-bond donors (Lipinski definition) is 1. The van der Waals surface area contributed by atoms with Crippen molar-refractivity contribution < 1.29 is 9.47 Å². The average molecular weight is 321 g/mol. The number of nitrogens with one attached hydrogen (secondary N) is 1. The van der Waals surface area contributed by atoms with E-state index in [9.17, 15) is 0 Å². The van der Waals surface area contributed by atoms with Gasteiger partial charge >= 0.3 is 0 Å². The Bertz CT molecular complexity index is 632. The Morgan fingerprint density at radius 2 is 1.86 bits per heavy atom. The van der Waals surface area contributed by atoms with Crippen LogP contribution in [0.5, 0.6) is 11.5 Å². The van der Waals surface area contributed by atoms with Gasteiger partial charge in [0.05, 0.1) is 13.2 Å². The first-order valence-corrected chi connectivity index (χ1v) is 7.60. The average Bonchev–Trinajstić information content (AvgIpc) is 2.47. The summed E-state index contributed by atoms with van der Waals surface area (Å²) in [7, 11) is 1.65. The maximum Gasteiger partial charge on any atom is 0.161 e. The van der Waals surface area contributed by atoms with E-state index in [1.807, 2.05) is 38.1 Å². The zero-order valence-corrected chi connectivity index (χ0v) is 14.0. The fourth-order valence-electron chi connectivity index (χ4n) is 2.13. The second kappa shape index (κ2) is 7.36. The van der Waals surface area contributed by atoms with Gasteiger partial charge < -0.3 is 14.8 Å². The van der Waals surface area contributed by atoms with Crippen molar-refractivity contribution in [1.29, 1.82) is 0 Å². The number of hydrogen-bond acceptors (Lipinski definition) is 4. The summed E-state index contributed by atoms with van der Waals surface area (Å²) in [5, 5.41) is 3.86. The summed E-state index contributed by atoms with van der Waals surface area (Å²) in [4.78, 5) is 3.98. The van der Waals surface area contributed by atoms with Crippen LogP contribution in [-0.4, -0.2) is 18.2 Å². The fraction of sp³-hybridized carbons (Fsp3) is 0.353. The minimum Gasteiger partial charge on any atom is -0.493 e. The van der Waals surface area contributed by atoms with Crippen LogP contribution in [0.4, 0.5) is 5.69 Å². The zero-order chi connectivity index (χ0) is 16.1. The Hall–Kier alpha value is -1.94. The molecule has 22 heavy (non-hydrogen) atoms. The molecule has 1 unspecified atom stereocenters. The number of methoxy groups -OCH3 is 1. The first-order chi connectivity index (χ1) is 10.5. The molecule has 0 fully saturated rings. The monoisotopic (exact) mass is 320 g/mol. The van der Waals surface area contributed by atoms with Crippen LogP contribution in [0.1, 0.15) is 32.4 Å². The minimum atomic E-state index is 0.0977. The van der Waals surface area contributed by atoms with Crippen molar-refractivity contribution in [2.45, 2.75) is 32.9 Å². The van der Waals surface area contributed by atoms with E-state index in [0.29, 0.717) is 5.15 Å². The van der Waals surface area contributed by atoms with Gasteiger partial charge in [0, 0.05) is 17.9 Å². The van der Waals surface area contributed by atoms with Gasteiger partial charge in [-0.2, -0.15) is 0 Å². The highest BCUT2D eigenvalue weighted by Crippen LogP contribution is 2.32. The van der Waals surface area contributed by atoms with Crippen LogP contribution in [0.15, 0.2) is 36.5 Å². The van der Waals surface area contributed by atoms with Crippen LogP contribution >= 0.6 is 11.6 Å². The number of benzene rings is 1. The van der Waals surface area contributed by atoms with Crippen molar-refractivity contribution in [3.8, 4) is 11.5 Å². The highest BCUT2D eigenvalue weighted by atomic mass is 35.5. The van der Waals surface area contributed by atoms with Gasteiger partial charge in [-0.3, -0.25) is 0 Å². The molecule has 1 aromatic heterocycles. The lowest BCUT2D eigenvalue weighted by atomic mass is 10.1. The number of halogens is 1. The fourth-order valence-corrected chi connectivity index (χ4v) is 2.30. The molecule has 0 saturated heterocycles. The maximum atomic E-state index is 5.90. The number of ether oxygens (including phenoxy) is 2. The highest BCUT2D eigenvalue weighted by Gasteiger charge is 2.12. The third kappa shape index (κ3) is 4.28. The van der Waals surface area contributed by atoms with Crippen LogP contribution < -0.4 is 14.8 Å². The molecule has 0 aliphatic carbocycles. The van der Waals surface area contributed by atoms with Gasteiger partial charge in [0.25, 0.3) is 0 Å². The van der Waals surface area contributed by atoms with Gasteiger partial charge in [-0.05, 0) is 50.6 Å². The molecule has 4 nitrogen and oxygen atoms in total. The molecule has 2 aromatic rings. The lowest BCUT2D eigenvalue weighted by Crippen LogP contribution is -2.09. The molecule has 0 spiro atoms. The van der Waals surface area contributed by atoms with Crippen LogP contribution in [0.3, 0.4) is 0 Å². The SMILES string of the molecule is COc1cc(C(C)Nc2ccnc(Cl)c2)ccc1OC(C)C. The van der Waals surface area contributed by atoms with Crippen LogP contribution in [0, 0.1) is 0 Å². The Balaban J connectivity index is 2.17. The van der Waals surface area contributed by atoms with Crippen molar-refractivity contribution in [2.75, 3.05) is 12.4 Å². The van der Waals surface area contributed by atoms with Crippen molar-refractivity contribution in [3.63, 3.8) is 0 Å². The van der Waals surface area contributed by atoms with Crippen LogP contribution in [0.2, 0.25) is 5.15 Å². The van der Waals surface area contributed by atoms with Crippen molar-refractivity contribution >= 4 is 17.3 Å². The predicted molar refractivity (Wildman–Crippen MR) is 90.0 cm³/mol. The van der Waals surface area contributed by atoms with Crippen LogP contribution in [-0.2, 0) is 0 Å². The molecule has 1 heterocycles. The number of pyridine rings is 1. The molecular formula is C17H21ClN2O2. The van der Waals surface area contributed by atoms with Gasteiger partial charge in [0.2, 0.25) is 0 Å². The van der Waals surface area contributed by atoms with E-state index in [2.05, 4.69) is 17.2 Å². The lowest BCUT2D eigenvalue weighted by molar-refractivity contribution is 0.230. The van der Waals surface area contributed by atoms with E-state index < -0.39 is 0 Å². The van der Waals surface area contributed by atoms with Gasteiger partial charge in [-0.1, -0.05) is 17.7 Å². The van der Waals surface area contributed by atoms with E-state index in [4.69, 9.17) is 21.1 Å². The van der Waals surface area contributed by atoms with Gasteiger partial charge in [-0.15, -0.1) is 0 Å². The molecule has 0 aliphatic heterocycles. The van der Waals surface area contributed by atoms with Crippen molar-refractivity contribution in [1.82, 2.24) is 4.98 Å². The summed E-state index contributed by atoms with van der Waals surface area (Å²) in [5.41, 5.74) is 2.02. The van der Waals surface area contributed by atoms with E-state index in [-0.39, 0.29) is 12.1 Å². The number of anilines is 1. The Labute approximate surface area is 136 Å². The van der Waals surface area contributed by atoms with Crippen molar-refractivity contribution in [3.05, 3.63) is 47.2 Å². The molecule has 0 bridgehead atoms. The topological polar surface area (TPSA) is 43.4 Å². The molecule has 118 valence electrons. The van der Waals surface area contributed by atoms with Gasteiger partial charge in [0.15, 0.2) is 11.5 Å². The molecule has 1 atom stereocenters. The molecule has 0 radical (unpaired) electrons. The zero-order valence-electron chi connectivity index (χ0n) is 13.3. The number of nitrogens with zero attached hydrogens (tertiary/aromatic N) is 1. The minimum absolute atomic E-state index is 0.0977. The molecule has 5 heteroatoms. The third-order valence-corrected chi connectivity index (χ3v) is 3.37. The first kappa shape index (κ1) is 16.4. The van der Waals surface area contributed by atoms with Crippen molar-refractivity contribution in [2.24, 2.45) is 0 Å². The molecule has 0 aliphatic rings. The second-order valence-corrected chi connectivity index (χ2v) is 5.70.